The Hall–Kier alpha value is -1.45. The Morgan fingerprint density at radius 1 is 1.55 bits per heavy atom. The maximum absolute atomic E-state index is 12.3. The molecule has 1 aliphatic rings. The van der Waals surface area contributed by atoms with E-state index in [-0.39, 0.29) is 15.7 Å². The zero-order valence-electron chi connectivity index (χ0n) is 10.9. The number of carboxylic acid groups (broad SMARTS) is 1. The highest BCUT2D eigenvalue weighted by atomic mass is 32.2. The van der Waals surface area contributed by atoms with Gasteiger partial charge in [-0.3, -0.25) is 4.79 Å². The normalized spacial score (nSPS) is 19.6. The Balaban J connectivity index is 2.34. The van der Waals surface area contributed by atoms with Crippen molar-refractivity contribution in [1.29, 1.82) is 0 Å². The Morgan fingerprint density at radius 3 is 2.70 bits per heavy atom. The minimum absolute atomic E-state index is 0.242. The number of thiophene rings is 1. The minimum atomic E-state index is -4.03. The third kappa shape index (κ3) is 2.56. The molecule has 1 saturated heterocycles. The van der Waals surface area contributed by atoms with Gasteiger partial charge in [0.1, 0.15) is 15.8 Å². The van der Waals surface area contributed by atoms with E-state index in [4.69, 9.17) is 5.11 Å². The number of amides is 1. The molecule has 7 nitrogen and oxygen atoms in total. The molecule has 0 aromatic carbocycles. The number of nitrogens with zero attached hydrogens (tertiary/aromatic N) is 1. The number of carboxylic acids is 1. The van der Waals surface area contributed by atoms with Crippen LogP contribution in [0.5, 0.6) is 0 Å². The SMILES string of the molecule is Cc1csc(C(=O)O)c1S(=O)(=O)NC1CCN(C)C1=O. The van der Waals surface area contributed by atoms with Gasteiger partial charge in [0.2, 0.25) is 15.9 Å². The van der Waals surface area contributed by atoms with Gasteiger partial charge in [-0.15, -0.1) is 11.3 Å². The molecule has 1 amide bonds. The summed E-state index contributed by atoms with van der Waals surface area (Å²) in [7, 11) is -2.44. The largest absolute Gasteiger partial charge is 0.477 e. The second kappa shape index (κ2) is 5.15. The third-order valence-corrected chi connectivity index (χ3v) is 5.98. The number of likely N-dealkylation sites (tertiary alicyclic amines) is 1. The van der Waals surface area contributed by atoms with Crippen molar-refractivity contribution in [2.24, 2.45) is 0 Å². The van der Waals surface area contributed by atoms with E-state index in [1.807, 2.05) is 0 Å². The van der Waals surface area contributed by atoms with Crippen molar-refractivity contribution in [2.75, 3.05) is 13.6 Å². The minimum Gasteiger partial charge on any atom is -0.477 e. The van der Waals surface area contributed by atoms with Crippen LogP contribution < -0.4 is 4.72 Å². The molecule has 1 unspecified atom stereocenters. The van der Waals surface area contributed by atoms with Crippen molar-refractivity contribution in [1.82, 2.24) is 9.62 Å². The molecular weight excluding hydrogens is 304 g/mol. The van der Waals surface area contributed by atoms with Gasteiger partial charge in [-0.1, -0.05) is 0 Å². The Kier molecular flexibility index (Phi) is 3.85. The van der Waals surface area contributed by atoms with E-state index in [1.165, 1.54) is 17.2 Å². The van der Waals surface area contributed by atoms with Crippen LogP contribution in [0.4, 0.5) is 0 Å². The molecular formula is C11H14N2O5S2. The molecule has 0 spiro atoms. The first kappa shape index (κ1) is 14.9. The fourth-order valence-electron chi connectivity index (χ4n) is 2.09. The summed E-state index contributed by atoms with van der Waals surface area (Å²) in [5.41, 5.74) is 0.360. The van der Waals surface area contributed by atoms with Crippen LogP contribution in [-0.4, -0.2) is 49.9 Å². The van der Waals surface area contributed by atoms with E-state index in [0.29, 0.717) is 18.5 Å². The summed E-state index contributed by atoms with van der Waals surface area (Å²) >= 11 is 0.856. The summed E-state index contributed by atoms with van der Waals surface area (Å²) in [5.74, 6) is -1.60. The number of rotatable bonds is 4. The topological polar surface area (TPSA) is 104 Å². The van der Waals surface area contributed by atoms with E-state index in [1.54, 1.807) is 7.05 Å². The summed E-state index contributed by atoms with van der Waals surface area (Å²) in [5, 5.41) is 10.5. The van der Waals surface area contributed by atoms with Crippen molar-refractivity contribution >= 4 is 33.2 Å². The van der Waals surface area contributed by atoms with E-state index < -0.39 is 22.0 Å². The van der Waals surface area contributed by atoms with Gasteiger partial charge in [0, 0.05) is 13.6 Å². The van der Waals surface area contributed by atoms with Gasteiger partial charge < -0.3 is 10.0 Å². The molecule has 0 saturated carbocycles. The Morgan fingerprint density at radius 2 is 2.20 bits per heavy atom. The lowest BCUT2D eigenvalue weighted by molar-refractivity contribution is -0.127. The monoisotopic (exact) mass is 318 g/mol. The molecule has 2 heterocycles. The average Bonchev–Trinajstić information content (AvgIpc) is 2.87. The number of sulfonamides is 1. The summed E-state index contributed by atoms with van der Waals surface area (Å²) in [6.45, 7) is 2.00. The molecule has 20 heavy (non-hydrogen) atoms. The smallest absolute Gasteiger partial charge is 0.347 e. The Labute approximate surface area is 120 Å². The highest BCUT2D eigenvalue weighted by Gasteiger charge is 2.35. The highest BCUT2D eigenvalue weighted by Crippen LogP contribution is 2.27. The number of nitrogens with one attached hydrogen (secondary N) is 1. The number of carbonyl (C=O) groups excluding carboxylic acids is 1. The molecule has 0 radical (unpaired) electrons. The number of hydrogen-bond donors (Lipinski definition) is 2. The molecule has 2 rings (SSSR count). The van der Waals surface area contributed by atoms with E-state index >= 15 is 0 Å². The number of aryl methyl sites for hydroxylation is 1. The van der Waals surface area contributed by atoms with Crippen LogP contribution in [-0.2, 0) is 14.8 Å². The van der Waals surface area contributed by atoms with E-state index in [9.17, 15) is 18.0 Å². The Bertz CT molecular complexity index is 664. The standard InChI is InChI=1S/C11H14N2O5S2/c1-6-5-19-8(11(15)16)9(6)20(17,18)12-7-3-4-13(2)10(7)14/h5,7,12H,3-4H2,1-2H3,(H,15,16). The lowest BCUT2D eigenvalue weighted by Gasteiger charge is -2.13. The van der Waals surface area contributed by atoms with Crippen LogP contribution in [0.2, 0.25) is 0 Å². The molecule has 1 aromatic heterocycles. The van der Waals surface area contributed by atoms with Crippen molar-refractivity contribution in [3.05, 3.63) is 15.8 Å². The molecule has 9 heteroatoms. The predicted molar refractivity (Wildman–Crippen MR) is 72.4 cm³/mol. The van der Waals surface area contributed by atoms with Gasteiger partial charge in [-0.25, -0.2) is 13.2 Å². The first-order valence-corrected chi connectivity index (χ1v) is 8.19. The third-order valence-electron chi connectivity index (χ3n) is 3.11. The molecule has 1 aromatic rings. The van der Waals surface area contributed by atoms with E-state index in [0.717, 1.165) is 11.3 Å². The fourth-order valence-corrected chi connectivity index (χ4v) is 4.95. The summed E-state index contributed by atoms with van der Waals surface area (Å²) in [4.78, 5) is 23.8. The molecule has 2 N–H and O–H groups in total. The first-order valence-electron chi connectivity index (χ1n) is 5.82. The molecule has 1 aliphatic heterocycles. The van der Waals surface area contributed by atoms with Crippen molar-refractivity contribution in [3.63, 3.8) is 0 Å². The van der Waals surface area contributed by atoms with Crippen molar-refractivity contribution in [3.8, 4) is 0 Å². The zero-order valence-corrected chi connectivity index (χ0v) is 12.5. The highest BCUT2D eigenvalue weighted by molar-refractivity contribution is 7.89. The van der Waals surface area contributed by atoms with Crippen LogP contribution in [0.1, 0.15) is 21.7 Å². The maximum Gasteiger partial charge on any atom is 0.347 e. The van der Waals surface area contributed by atoms with Crippen LogP contribution in [0.15, 0.2) is 10.3 Å². The second-order valence-electron chi connectivity index (χ2n) is 4.60. The van der Waals surface area contributed by atoms with Crippen LogP contribution in [0, 0.1) is 6.92 Å². The molecule has 1 fully saturated rings. The fraction of sp³-hybridized carbons (Fsp3) is 0.455. The predicted octanol–water partition coefficient (Wildman–Crippen LogP) is 0.264. The molecule has 1 atom stereocenters. The van der Waals surface area contributed by atoms with Crippen LogP contribution in [0.25, 0.3) is 0 Å². The first-order chi connectivity index (χ1) is 9.24. The van der Waals surface area contributed by atoms with Crippen LogP contribution in [0.3, 0.4) is 0 Å². The molecule has 110 valence electrons. The number of carbonyl (C=O) groups is 2. The van der Waals surface area contributed by atoms with Crippen molar-refractivity contribution < 1.29 is 23.1 Å². The number of aromatic carboxylic acids is 1. The van der Waals surface area contributed by atoms with Gasteiger partial charge in [0.25, 0.3) is 0 Å². The maximum atomic E-state index is 12.3. The zero-order chi connectivity index (χ0) is 15.1. The van der Waals surface area contributed by atoms with Gasteiger partial charge in [-0.05, 0) is 24.3 Å². The summed E-state index contributed by atoms with van der Waals surface area (Å²) < 4.78 is 26.9. The molecule has 0 aliphatic carbocycles. The summed E-state index contributed by atoms with van der Waals surface area (Å²) in [6.07, 6.45) is 0.375. The lowest BCUT2D eigenvalue weighted by atomic mass is 10.3. The van der Waals surface area contributed by atoms with Crippen molar-refractivity contribution in [2.45, 2.75) is 24.3 Å². The number of likely N-dealkylation sites (N-methyl/N-ethyl adjacent to an activating group) is 1. The quantitative estimate of drug-likeness (QED) is 0.829. The van der Waals surface area contributed by atoms with Gasteiger partial charge in [0.05, 0.1) is 0 Å². The lowest BCUT2D eigenvalue weighted by Crippen LogP contribution is -2.40. The number of hydrogen-bond acceptors (Lipinski definition) is 5. The average molecular weight is 318 g/mol. The second-order valence-corrected chi connectivity index (χ2v) is 7.13. The van der Waals surface area contributed by atoms with Gasteiger partial charge in [-0.2, -0.15) is 4.72 Å². The summed E-state index contributed by atoms with van der Waals surface area (Å²) in [6, 6.07) is -0.828. The van der Waals surface area contributed by atoms with E-state index in [2.05, 4.69) is 4.72 Å². The van der Waals surface area contributed by atoms with Gasteiger partial charge in [0.15, 0.2) is 0 Å². The van der Waals surface area contributed by atoms with Gasteiger partial charge >= 0.3 is 5.97 Å². The van der Waals surface area contributed by atoms with Crippen LogP contribution >= 0.6 is 11.3 Å². The molecule has 0 bridgehead atoms.